The first kappa shape index (κ1) is 12.8. The average molecular weight is 248 g/mol. The van der Waals surface area contributed by atoms with Crippen molar-refractivity contribution in [2.75, 3.05) is 12.0 Å². The van der Waals surface area contributed by atoms with E-state index in [4.69, 9.17) is 5.84 Å². The summed E-state index contributed by atoms with van der Waals surface area (Å²) in [7, 11) is 0. The number of pyridine rings is 1. The standard InChI is InChI=1S/C13H20N4O/c1-9(2)17(8-10-3-4-10)13(18)11-5-6-15-7-12(11)16-14/h5-7,9-10,16H,3-4,8,14H2,1-2H3. The maximum atomic E-state index is 12.5. The summed E-state index contributed by atoms with van der Waals surface area (Å²) in [6, 6.07) is 1.90. The van der Waals surface area contributed by atoms with Gasteiger partial charge in [0, 0.05) is 18.8 Å². The maximum Gasteiger partial charge on any atom is 0.256 e. The lowest BCUT2D eigenvalue weighted by atomic mass is 10.1. The summed E-state index contributed by atoms with van der Waals surface area (Å²) in [5.41, 5.74) is 3.69. The summed E-state index contributed by atoms with van der Waals surface area (Å²) in [5.74, 6) is 6.11. The van der Waals surface area contributed by atoms with Gasteiger partial charge in [0.05, 0.1) is 17.4 Å². The summed E-state index contributed by atoms with van der Waals surface area (Å²) in [6.07, 6.45) is 5.65. The summed E-state index contributed by atoms with van der Waals surface area (Å²) in [5, 5.41) is 0. The zero-order valence-electron chi connectivity index (χ0n) is 10.9. The third kappa shape index (κ3) is 2.79. The molecule has 5 nitrogen and oxygen atoms in total. The summed E-state index contributed by atoms with van der Waals surface area (Å²) in [6.45, 7) is 4.91. The van der Waals surface area contributed by atoms with E-state index in [-0.39, 0.29) is 11.9 Å². The highest BCUT2D eigenvalue weighted by molar-refractivity contribution is 5.99. The van der Waals surface area contributed by atoms with Gasteiger partial charge in [0.15, 0.2) is 0 Å². The molecule has 1 saturated carbocycles. The number of anilines is 1. The fourth-order valence-corrected chi connectivity index (χ4v) is 1.96. The molecular formula is C13H20N4O. The van der Waals surface area contributed by atoms with Crippen molar-refractivity contribution in [3.8, 4) is 0 Å². The molecule has 0 bridgehead atoms. The third-order valence-electron chi connectivity index (χ3n) is 3.24. The lowest BCUT2D eigenvalue weighted by Gasteiger charge is -2.27. The van der Waals surface area contributed by atoms with Crippen LogP contribution in [0, 0.1) is 5.92 Å². The molecule has 5 heteroatoms. The van der Waals surface area contributed by atoms with Crippen LogP contribution in [0.2, 0.25) is 0 Å². The molecule has 0 saturated heterocycles. The predicted octanol–water partition coefficient (Wildman–Crippen LogP) is 1.63. The number of hydrogen-bond donors (Lipinski definition) is 2. The summed E-state index contributed by atoms with van der Waals surface area (Å²) < 4.78 is 0. The Hall–Kier alpha value is -1.62. The second-order valence-electron chi connectivity index (χ2n) is 5.06. The molecule has 1 heterocycles. The number of nitrogens with two attached hydrogens (primary N) is 1. The Morgan fingerprint density at radius 1 is 1.61 bits per heavy atom. The summed E-state index contributed by atoms with van der Waals surface area (Å²) in [4.78, 5) is 18.4. The van der Waals surface area contributed by atoms with E-state index >= 15 is 0 Å². The number of rotatable bonds is 5. The predicted molar refractivity (Wildman–Crippen MR) is 70.9 cm³/mol. The molecule has 0 aromatic carbocycles. The number of amides is 1. The number of aromatic nitrogens is 1. The fourth-order valence-electron chi connectivity index (χ4n) is 1.96. The largest absolute Gasteiger partial charge is 0.336 e. The van der Waals surface area contributed by atoms with E-state index in [9.17, 15) is 4.79 Å². The first-order valence-electron chi connectivity index (χ1n) is 6.35. The molecule has 1 aliphatic carbocycles. The first-order chi connectivity index (χ1) is 8.63. The van der Waals surface area contributed by atoms with E-state index in [1.165, 1.54) is 12.8 Å². The Balaban J connectivity index is 2.20. The van der Waals surface area contributed by atoms with Crippen LogP contribution in [0.3, 0.4) is 0 Å². The number of carbonyl (C=O) groups is 1. The number of nitrogens with one attached hydrogen (secondary N) is 1. The normalized spacial score (nSPS) is 14.7. The fraction of sp³-hybridized carbons (Fsp3) is 0.538. The van der Waals surface area contributed by atoms with Crippen LogP contribution in [0.25, 0.3) is 0 Å². The van der Waals surface area contributed by atoms with Crippen molar-refractivity contribution < 1.29 is 4.79 Å². The second-order valence-corrected chi connectivity index (χ2v) is 5.06. The minimum absolute atomic E-state index is 0.0206. The van der Waals surface area contributed by atoms with Gasteiger partial charge in [-0.05, 0) is 38.7 Å². The lowest BCUT2D eigenvalue weighted by Crippen LogP contribution is -2.39. The van der Waals surface area contributed by atoms with Gasteiger partial charge in [-0.15, -0.1) is 0 Å². The minimum Gasteiger partial charge on any atom is -0.336 e. The molecule has 1 aliphatic rings. The summed E-state index contributed by atoms with van der Waals surface area (Å²) >= 11 is 0. The monoisotopic (exact) mass is 248 g/mol. The van der Waals surface area contributed by atoms with Crippen LogP contribution in [-0.2, 0) is 0 Å². The number of carbonyl (C=O) groups excluding carboxylic acids is 1. The van der Waals surface area contributed by atoms with Crippen molar-refractivity contribution in [1.82, 2.24) is 9.88 Å². The zero-order valence-corrected chi connectivity index (χ0v) is 10.9. The molecule has 1 fully saturated rings. The molecule has 0 aliphatic heterocycles. The molecule has 3 N–H and O–H groups in total. The van der Waals surface area contributed by atoms with Crippen LogP contribution in [0.1, 0.15) is 37.0 Å². The van der Waals surface area contributed by atoms with Crippen LogP contribution < -0.4 is 11.3 Å². The molecule has 0 unspecified atom stereocenters. The molecule has 0 spiro atoms. The van der Waals surface area contributed by atoms with Gasteiger partial charge in [-0.3, -0.25) is 15.6 Å². The van der Waals surface area contributed by atoms with Crippen molar-refractivity contribution in [3.05, 3.63) is 24.0 Å². The second kappa shape index (κ2) is 5.35. The molecule has 0 radical (unpaired) electrons. The molecule has 1 aromatic heterocycles. The van der Waals surface area contributed by atoms with Gasteiger partial charge in [-0.25, -0.2) is 0 Å². The van der Waals surface area contributed by atoms with Crippen molar-refractivity contribution in [1.29, 1.82) is 0 Å². The molecule has 0 atom stereocenters. The molecule has 1 amide bonds. The third-order valence-corrected chi connectivity index (χ3v) is 3.24. The van der Waals surface area contributed by atoms with Crippen LogP contribution in [0.5, 0.6) is 0 Å². The number of nitrogen functional groups attached to an aromatic ring is 1. The quantitative estimate of drug-likeness (QED) is 0.613. The smallest absolute Gasteiger partial charge is 0.256 e. The maximum absolute atomic E-state index is 12.5. The van der Waals surface area contributed by atoms with Crippen molar-refractivity contribution in [2.45, 2.75) is 32.7 Å². The Kier molecular flexibility index (Phi) is 3.81. The topological polar surface area (TPSA) is 71.2 Å². The molecule has 18 heavy (non-hydrogen) atoms. The van der Waals surface area contributed by atoms with E-state index in [1.54, 1.807) is 18.5 Å². The van der Waals surface area contributed by atoms with Gasteiger partial charge in [-0.2, -0.15) is 0 Å². The number of nitrogens with zero attached hydrogens (tertiary/aromatic N) is 2. The van der Waals surface area contributed by atoms with E-state index in [0.717, 1.165) is 6.54 Å². The van der Waals surface area contributed by atoms with Gasteiger partial charge in [0.25, 0.3) is 5.91 Å². The minimum atomic E-state index is 0.0206. The molecule has 2 rings (SSSR count). The average Bonchev–Trinajstić information content (AvgIpc) is 3.18. The van der Waals surface area contributed by atoms with Crippen LogP contribution in [0.15, 0.2) is 18.5 Å². The Morgan fingerprint density at radius 3 is 2.89 bits per heavy atom. The molecule has 98 valence electrons. The molecular weight excluding hydrogens is 228 g/mol. The van der Waals surface area contributed by atoms with Gasteiger partial charge in [-0.1, -0.05) is 0 Å². The Bertz CT molecular complexity index is 429. The van der Waals surface area contributed by atoms with Crippen molar-refractivity contribution >= 4 is 11.6 Å². The van der Waals surface area contributed by atoms with Gasteiger partial charge in [0.2, 0.25) is 0 Å². The Morgan fingerprint density at radius 2 is 2.33 bits per heavy atom. The van der Waals surface area contributed by atoms with Crippen LogP contribution in [0.4, 0.5) is 5.69 Å². The molecule has 1 aromatic rings. The van der Waals surface area contributed by atoms with E-state index < -0.39 is 0 Å². The van der Waals surface area contributed by atoms with Gasteiger partial charge < -0.3 is 10.3 Å². The van der Waals surface area contributed by atoms with Crippen LogP contribution >= 0.6 is 0 Å². The number of hydrogen-bond acceptors (Lipinski definition) is 4. The van der Waals surface area contributed by atoms with E-state index in [1.807, 2.05) is 18.7 Å². The lowest BCUT2D eigenvalue weighted by molar-refractivity contribution is 0.0697. The van der Waals surface area contributed by atoms with Crippen LogP contribution in [-0.4, -0.2) is 28.4 Å². The Labute approximate surface area is 107 Å². The SMILES string of the molecule is CC(C)N(CC1CC1)C(=O)c1ccncc1NN. The highest BCUT2D eigenvalue weighted by atomic mass is 16.2. The van der Waals surface area contributed by atoms with Crippen molar-refractivity contribution in [2.24, 2.45) is 11.8 Å². The van der Waals surface area contributed by atoms with Gasteiger partial charge >= 0.3 is 0 Å². The number of hydrazine groups is 1. The first-order valence-corrected chi connectivity index (χ1v) is 6.35. The zero-order chi connectivity index (χ0) is 13.1. The highest BCUT2D eigenvalue weighted by Crippen LogP contribution is 2.31. The van der Waals surface area contributed by atoms with E-state index in [0.29, 0.717) is 17.2 Å². The highest BCUT2D eigenvalue weighted by Gasteiger charge is 2.29. The van der Waals surface area contributed by atoms with E-state index in [2.05, 4.69) is 10.4 Å². The van der Waals surface area contributed by atoms with Crippen molar-refractivity contribution in [3.63, 3.8) is 0 Å². The van der Waals surface area contributed by atoms with Gasteiger partial charge in [0.1, 0.15) is 0 Å².